The smallest absolute Gasteiger partial charge is 0.338 e. The molecule has 3 heteroatoms. The van der Waals surface area contributed by atoms with Gasteiger partial charge in [0.15, 0.2) is 0 Å². The van der Waals surface area contributed by atoms with E-state index in [1.165, 1.54) is 23.1 Å². The van der Waals surface area contributed by atoms with Gasteiger partial charge in [0.2, 0.25) is 0 Å². The van der Waals surface area contributed by atoms with Crippen LogP contribution in [0.3, 0.4) is 0 Å². The largest absolute Gasteiger partial charge is 0.462 e. The minimum absolute atomic E-state index is 0.165. The number of esters is 1. The molecule has 96 valence electrons. The maximum atomic E-state index is 11.9. The molecule has 1 unspecified atom stereocenters. The zero-order valence-electron chi connectivity index (χ0n) is 10.8. The van der Waals surface area contributed by atoms with Gasteiger partial charge in [-0.25, -0.2) is 4.79 Å². The van der Waals surface area contributed by atoms with E-state index in [0.29, 0.717) is 12.6 Å². The van der Waals surface area contributed by atoms with Crippen LogP contribution in [0.2, 0.25) is 0 Å². The fraction of sp³-hybridized carbons (Fsp3) is 0.533. The standard InChI is InChI=1S/C15H19NO2/c1-2-18-15(17)13-6-5-10-11(13)7-8-14-12(10)4-3-9-16-14/h5-6,14,16H,2-4,7-9H2,1H3. The van der Waals surface area contributed by atoms with Crippen molar-refractivity contribution < 1.29 is 9.53 Å². The number of nitrogens with one attached hydrogen (secondary N) is 1. The second kappa shape index (κ2) is 4.73. The molecule has 0 radical (unpaired) electrons. The highest BCUT2D eigenvalue weighted by Crippen LogP contribution is 2.40. The molecule has 1 N–H and O–H groups in total. The summed E-state index contributed by atoms with van der Waals surface area (Å²) in [6, 6.07) is 0.531. The van der Waals surface area contributed by atoms with Crippen molar-refractivity contribution in [3.05, 3.63) is 34.4 Å². The second-order valence-corrected chi connectivity index (χ2v) is 5.03. The topological polar surface area (TPSA) is 38.3 Å². The summed E-state index contributed by atoms with van der Waals surface area (Å²) in [6.07, 6.45) is 8.50. The van der Waals surface area contributed by atoms with Crippen LogP contribution in [0.4, 0.5) is 0 Å². The molecule has 0 aromatic rings. The maximum absolute atomic E-state index is 11.9. The van der Waals surface area contributed by atoms with Gasteiger partial charge in [-0.1, -0.05) is 6.08 Å². The molecule has 3 aliphatic rings. The molecule has 2 aliphatic carbocycles. The highest BCUT2D eigenvalue weighted by molar-refractivity contribution is 5.95. The lowest BCUT2D eigenvalue weighted by atomic mass is 9.80. The van der Waals surface area contributed by atoms with Crippen molar-refractivity contribution >= 4 is 5.97 Å². The highest BCUT2D eigenvalue weighted by atomic mass is 16.5. The lowest BCUT2D eigenvalue weighted by Crippen LogP contribution is -2.38. The Balaban J connectivity index is 1.96. The molecule has 1 saturated heterocycles. The zero-order valence-corrected chi connectivity index (χ0v) is 10.8. The molecule has 1 atom stereocenters. The molecule has 0 saturated carbocycles. The van der Waals surface area contributed by atoms with Crippen LogP contribution in [0.1, 0.15) is 32.6 Å². The molecule has 0 spiro atoms. The van der Waals surface area contributed by atoms with Gasteiger partial charge in [-0.3, -0.25) is 0 Å². The first kappa shape index (κ1) is 11.7. The van der Waals surface area contributed by atoms with E-state index in [0.717, 1.165) is 31.4 Å². The predicted octanol–water partition coefficient (Wildman–Crippen LogP) is 2.26. The van der Waals surface area contributed by atoms with Crippen LogP contribution in [0.15, 0.2) is 34.4 Å². The molecule has 3 nitrogen and oxygen atoms in total. The molecule has 0 bridgehead atoms. The summed E-state index contributed by atoms with van der Waals surface area (Å²) in [5, 5.41) is 3.57. The van der Waals surface area contributed by atoms with Crippen LogP contribution < -0.4 is 5.32 Å². The summed E-state index contributed by atoms with van der Waals surface area (Å²) in [6.45, 7) is 3.41. The van der Waals surface area contributed by atoms with Crippen molar-refractivity contribution in [2.75, 3.05) is 13.2 Å². The predicted molar refractivity (Wildman–Crippen MR) is 70.1 cm³/mol. The van der Waals surface area contributed by atoms with E-state index in [9.17, 15) is 4.79 Å². The molecule has 0 aromatic heterocycles. The Kier molecular flexibility index (Phi) is 3.08. The number of rotatable bonds is 2. The average molecular weight is 245 g/mol. The monoisotopic (exact) mass is 245 g/mol. The van der Waals surface area contributed by atoms with E-state index in [4.69, 9.17) is 4.74 Å². The number of hydrogen-bond acceptors (Lipinski definition) is 3. The molecule has 3 rings (SSSR count). The number of carbonyl (C=O) groups excluding carboxylic acids is 1. The van der Waals surface area contributed by atoms with E-state index in [1.54, 1.807) is 0 Å². The van der Waals surface area contributed by atoms with Crippen LogP contribution in [0, 0.1) is 0 Å². The Morgan fingerprint density at radius 1 is 1.44 bits per heavy atom. The first-order valence-corrected chi connectivity index (χ1v) is 6.86. The SMILES string of the molecule is CCOC(=O)C1=C2CCC3NCCCC3=C2C=C1. The number of fused-ring (bicyclic) bond motifs is 2. The van der Waals surface area contributed by atoms with E-state index < -0.39 is 0 Å². The van der Waals surface area contributed by atoms with Crippen LogP contribution in [0.5, 0.6) is 0 Å². The first-order valence-electron chi connectivity index (χ1n) is 6.86. The summed E-state index contributed by atoms with van der Waals surface area (Å²) in [7, 11) is 0. The third-order valence-electron chi connectivity index (χ3n) is 4.03. The molecule has 1 aliphatic heterocycles. The minimum Gasteiger partial charge on any atom is -0.462 e. The van der Waals surface area contributed by atoms with Gasteiger partial charge in [-0.15, -0.1) is 0 Å². The number of hydrogen-bond donors (Lipinski definition) is 1. The highest BCUT2D eigenvalue weighted by Gasteiger charge is 2.31. The van der Waals surface area contributed by atoms with E-state index in [1.807, 2.05) is 13.0 Å². The summed E-state index contributed by atoms with van der Waals surface area (Å²) in [5.41, 5.74) is 4.80. The number of allylic oxidation sites excluding steroid dienone is 3. The fourth-order valence-electron chi connectivity index (χ4n) is 3.22. The van der Waals surface area contributed by atoms with Crippen molar-refractivity contribution in [2.45, 2.75) is 38.6 Å². The van der Waals surface area contributed by atoms with E-state index in [-0.39, 0.29) is 5.97 Å². The van der Waals surface area contributed by atoms with Gasteiger partial charge >= 0.3 is 5.97 Å². The quantitative estimate of drug-likeness (QED) is 0.758. The van der Waals surface area contributed by atoms with Gasteiger partial charge in [-0.2, -0.15) is 0 Å². The Labute approximate surface area is 108 Å². The van der Waals surface area contributed by atoms with Crippen LogP contribution >= 0.6 is 0 Å². The third-order valence-corrected chi connectivity index (χ3v) is 4.03. The Morgan fingerprint density at radius 3 is 3.17 bits per heavy atom. The van der Waals surface area contributed by atoms with Crippen molar-refractivity contribution in [1.82, 2.24) is 5.32 Å². The summed E-state index contributed by atoms with van der Waals surface area (Å²) < 4.78 is 5.12. The molecule has 0 aromatic carbocycles. The first-order chi connectivity index (χ1) is 8.81. The number of carbonyl (C=O) groups is 1. The van der Waals surface area contributed by atoms with Gasteiger partial charge in [0.1, 0.15) is 0 Å². The Hall–Kier alpha value is -1.35. The summed E-state index contributed by atoms with van der Waals surface area (Å²) in [4.78, 5) is 11.9. The van der Waals surface area contributed by atoms with Crippen molar-refractivity contribution in [2.24, 2.45) is 0 Å². The Bertz CT molecular complexity index is 471. The van der Waals surface area contributed by atoms with Crippen molar-refractivity contribution in [3.63, 3.8) is 0 Å². The van der Waals surface area contributed by atoms with Crippen molar-refractivity contribution in [3.8, 4) is 0 Å². The number of piperidine rings is 1. The normalized spacial score (nSPS) is 26.2. The molecule has 1 heterocycles. The van der Waals surface area contributed by atoms with Gasteiger partial charge in [0, 0.05) is 6.04 Å². The third kappa shape index (κ3) is 1.83. The fourth-order valence-corrected chi connectivity index (χ4v) is 3.22. The molecule has 18 heavy (non-hydrogen) atoms. The minimum atomic E-state index is -0.165. The van der Waals surface area contributed by atoms with Crippen LogP contribution in [0.25, 0.3) is 0 Å². The van der Waals surface area contributed by atoms with Gasteiger partial charge < -0.3 is 10.1 Å². The average Bonchev–Trinajstić information content (AvgIpc) is 2.83. The van der Waals surface area contributed by atoms with Crippen LogP contribution in [-0.2, 0) is 9.53 Å². The van der Waals surface area contributed by atoms with Gasteiger partial charge in [0.05, 0.1) is 12.2 Å². The van der Waals surface area contributed by atoms with Gasteiger partial charge in [-0.05, 0) is 61.9 Å². The van der Waals surface area contributed by atoms with E-state index in [2.05, 4.69) is 11.4 Å². The second-order valence-electron chi connectivity index (χ2n) is 5.03. The zero-order chi connectivity index (χ0) is 12.5. The molecular weight excluding hydrogens is 226 g/mol. The number of ether oxygens (including phenoxy) is 1. The molecular formula is C15H19NO2. The van der Waals surface area contributed by atoms with Crippen LogP contribution in [-0.4, -0.2) is 25.2 Å². The lowest BCUT2D eigenvalue weighted by molar-refractivity contribution is -0.138. The molecule has 0 amide bonds. The maximum Gasteiger partial charge on any atom is 0.338 e. The van der Waals surface area contributed by atoms with Gasteiger partial charge in [0.25, 0.3) is 0 Å². The molecule has 1 fully saturated rings. The lowest BCUT2D eigenvalue weighted by Gasteiger charge is -2.33. The van der Waals surface area contributed by atoms with Crippen molar-refractivity contribution in [1.29, 1.82) is 0 Å². The summed E-state index contributed by atoms with van der Waals surface area (Å²) in [5.74, 6) is -0.165. The van der Waals surface area contributed by atoms with E-state index >= 15 is 0 Å². The Morgan fingerprint density at radius 2 is 2.33 bits per heavy atom. The summed E-state index contributed by atoms with van der Waals surface area (Å²) >= 11 is 0.